The van der Waals surface area contributed by atoms with Crippen LogP contribution in [0.2, 0.25) is 0 Å². The number of pyridine rings is 1. The smallest absolute Gasteiger partial charge is 0.327 e. The summed E-state index contributed by atoms with van der Waals surface area (Å²) in [5, 5.41) is 3.79. The molecule has 38 heavy (non-hydrogen) atoms. The molecule has 4 heterocycles. The number of hydrogen-bond donors (Lipinski definition) is 1. The third-order valence-electron chi connectivity index (χ3n) is 6.95. The third-order valence-corrected chi connectivity index (χ3v) is 8.08. The average molecular weight is 529 g/mol. The van der Waals surface area contributed by atoms with Crippen molar-refractivity contribution < 1.29 is 19.1 Å². The van der Waals surface area contributed by atoms with Crippen molar-refractivity contribution in [3.05, 3.63) is 53.2 Å². The fourth-order valence-corrected chi connectivity index (χ4v) is 5.81. The van der Waals surface area contributed by atoms with Crippen LogP contribution in [0.4, 0.5) is 4.79 Å². The molecular weight excluding hydrogens is 500 g/mol. The third kappa shape index (κ3) is 4.85. The zero-order valence-electron chi connectivity index (χ0n) is 21.3. The number of nitrogens with one attached hydrogen (secondary N) is 1. The molecule has 0 radical (unpaired) electrons. The number of carbonyl (C=O) groups is 2. The number of amides is 2. The Morgan fingerprint density at radius 2 is 2.05 bits per heavy atom. The number of benzene rings is 1. The van der Waals surface area contributed by atoms with Gasteiger partial charge in [0.1, 0.15) is 11.5 Å². The molecule has 0 unspecified atom stereocenters. The first-order valence-electron chi connectivity index (χ1n) is 12.8. The van der Waals surface area contributed by atoms with Crippen LogP contribution in [0.5, 0.6) is 11.5 Å². The van der Waals surface area contributed by atoms with E-state index in [9.17, 15) is 9.59 Å². The van der Waals surface area contributed by atoms with E-state index < -0.39 is 0 Å². The predicted molar refractivity (Wildman–Crippen MR) is 147 cm³/mol. The van der Waals surface area contributed by atoms with Gasteiger partial charge in [0, 0.05) is 49.5 Å². The average Bonchev–Trinajstić information content (AvgIpc) is 3.30. The Morgan fingerprint density at radius 3 is 2.84 bits per heavy atom. The molecule has 2 amide bonds. The van der Waals surface area contributed by atoms with E-state index in [4.69, 9.17) is 9.47 Å². The lowest BCUT2D eigenvalue weighted by Crippen LogP contribution is -2.29. The fraction of sp³-hybridized carbons (Fsp3) is 0.345. The first kappa shape index (κ1) is 24.5. The van der Waals surface area contributed by atoms with Crippen LogP contribution in [-0.2, 0) is 4.74 Å². The molecule has 2 aliphatic rings. The van der Waals surface area contributed by atoms with Gasteiger partial charge in [-0.25, -0.2) is 4.79 Å². The summed E-state index contributed by atoms with van der Waals surface area (Å²) in [4.78, 5) is 32.8. The van der Waals surface area contributed by atoms with Crippen LogP contribution in [0.15, 0.2) is 42.6 Å². The van der Waals surface area contributed by atoms with Gasteiger partial charge in [0.2, 0.25) is 0 Å². The van der Waals surface area contributed by atoms with Crippen LogP contribution in [0.1, 0.15) is 34.6 Å². The second-order valence-corrected chi connectivity index (χ2v) is 10.8. The molecule has 1 aliphatic heterocycles. The van der Waals surface area contributed by atoms with Gasteiger partial charge in [0.05, 0.1) is 33.3 Å². The Balaban J connectivity index is 1.21. The number of fused-ring (bicyclic) bond motifs is 2. The number of nitrogens with zero attached hydrogens (tertiary/aromatic N) is 3. The number of aromatic nitrogens is 2. The van der Waals surface area contributed by atoms with E-state index in [2.05, 4.69) is 22.1 Å². The van der Waals surface area contributed by atoms with E-state index in [0.717, 1.165) is 46.1 Å². The van der Waals surface area contributed by atoms with Crippen molar-refractivity contribution in [3.63, 3.8) is 0 Å². The maximum Gasteiger partial charge on any atom is 0.327 e. The van der Waals surface area contributed by atoms with Crippen LogP contribution in [-0.4, -0.2) is 59.2 Å². The zero-order chi connectivity index (χ0) is 26.2. The summed E-state index contributed by atoms with van der Waals surface area (Å²) in [6.07, 6.45) is 4.95. The van der Waals surface area contributed by atoms with Crippen LogP contribution in [0, 0.1) is 24.7 Å². The van der Waals surface area contributed by atoms with E-state index in [1.807, 2.05) is 42.2 Å². The lowest BCUT2D eigenvalue weighted by Gasteiger charge is -2.14. The number of rotatable bonds is 5. The summed E-state index contributed by atoms with van der Waals surface area (Å²) in [5.41, 5.74) is 2.35. The van der Waals surface area contributed by atoms with Crippen LogP contribution >= 0.6 is 11.3 Å². The summed E-state index contributed by atoms with van der Waals surface area (Å²) in [7, 11) is 1.68. The van der Waals surface area contributed by atoms with Gasteiger partial charge >= 0.3 is 6.03 Å². The van der Waals surface area contributed by atoms with Gasteiger partial charge in [-0.15, -0.1) is 11.3 Å². The molecule has 1 saturated carbocycles. The standard InChI is InChI=1S/C29H28N4O4S/c1-18-14-20-15-21(7-8-24(20)33(18)29(35)31-11-3-4-19-5-6-19)37-25-9-12-30-23-16-26(38-27(23)25)28(34)32-13-10-22(17-32)36-2/h7-9,12,14-16,19,22H,5-6,10-11,13,17H2,1-2H3,(H,31,35)/t22-/m1/s1. The van der Waals surface area contributed by atoms with Gasteiger partial charge in [-0.1, -0.05) is 11.8 Å². The van der Waals surface area contributed by atoms with Crippen molar-refractivity contribution in [2.45, 2.75) is 32.3 Å². The highest BCUT2D eigenvalue weighted by Gasteiger charge is 2.28. The summed E-state index contributed by atoms with van der Waals surface area (Å²) < 4.78 is 14.1. The molecule has 1 aromatic carbocycles. The summed E-state index contributed by atoms with van der Waals surface area (Å²) in [6, 6.07) is 11.0. The van der Waals surface area contributed by atoms with E-state index in [-0.39, 0.29) is 18.0 Å². The quantitative estimate of drug-likeness (QED) is 0.361. The number of aryl methyl sites for hydroxylation is 1. The number of hydrogen-bond acceptors (Lipinski definition) is 6. The lowest BCUT2D eigenvalue weighted by molar-refractivity contribution is 0.0728. The first-order valence-corrected chi connectivity index (χ1v) is 13.6. The van der Waals surface area contributed by atoms with Gasteiger partial charge in [0.15, 0.2) is 0 Å². The Kier molecular flexibility index (Phi) is 6.52. The zero-order valence-corrected chi connectivity index (χ0v) is 22.1. The van der Waals surface area contributed by atoms with Gasteiger partial charge in [0.25, 0.3) is 5.91 Å². The van der Waals surface area contributed by atoms with Gasteiger partial charge in [-0.2, -0.15) is 0 Å². The van der Waals surface area contributed by atoms with Crippen molar-refractivity contribution in [2.24, 2.45) is 5.92 Å². The molecule has 1 saturated heterocycles. The molecule has 0 spiro atoms. The second-order valence-electron chi connectivity index (χ2n) is 9.73. The van der Waals surface area contributed by atoms with E-state index in [1.165, 1.54) is 11.3 Å². The number of ether oxygens (including phenoxy) is 2. The molecule has 8 nitrogen and oxygen atoms in total. The topological polar surface area (TPSA) is 85.7 Å². The lowest BCUT2D eigenvalue weighted by atomic mass is 10.2. The molecule has 1 N–H and O–H groups in total. The largest absolute Gasteiger partial charge is 0.456 e. The van der Waals surface area contributed by atoms with Crippen molar-refractivity contribution >= 4 is 44.4 Å². The Bertz CT molecular complexity index is 1610. The van der Waals surface area contributed by atoms with Crippen LogP contribution in [0.3, 0.4) is 0 Å². The SMILES string of the molecule is CO[C@@H]1CCN(C(=O)c2cc3nccc(Oc4ccc5c(c4)cc(C)n5C(=O)NCC#CC4CC4)c3s2)C1. The molecule has 194 valence electrons. The highest BCUT2D eigenvalue weighted by atomic mass is 32.1. The van der Waals surface area contributed by atoms with Crippen molar-refractivity contribution in [2.75, 3.05) is 26.7 Å². The number of carbonyl (C=O) groups excluding carboxylic acids is 2. The van der Waals surface area contributed by atoms with Gasteiger partial charge in [-0.3, -0.25) is 14.3 Å². The Morgan fingerprint density at radius 1 is 1.18 bits per heavy atom. The minimum absolute atomic E-state index is 0.00599. The number of thiophene rings is 1. The Labute approximate surface area is 224 Å². The van der Waals surface area contributed by atoms with Crippen LogP contribution in [0.25, 0.3) is 21.1 Å². The highest BCUT2D eigenvalue weighted by molar-refractivity contribution is 7.21. The second kappa shape index (κ2) is 10.1. The predicted octanol–water partition coefficient (Wildman–Crippen LogP) is 5.18. The molecule has 6 rings (SSSR count). The van der Waals surface area contributed by atoms with Crippen LogP contribution < -0.4 is 10.1 Å². The molecule has 1 atom stereocenters. The van der Waals surface area contributed by atoms with E-state index in [1.54, 1.807) is 23.9 Å². The maximum absolute atomic E-state index is 13.1. The molecule has 9 heteroatoms. The molecular formula is C29H28N4O4S. The van der Waals surface area contributed by atoms with Crippen molar-refractivity contribution in [1.29, 1.82) is 0 Å². The summed E-state index contributed by atoms with van der Waals surface area (Å²) in [5.74, 6) is 7.98. The minimum Gasteiger partial charge on any atom is -0.456 e. The summed E-state index contributed by atoms with van der Waals surface area (Å²) in [6.45, 7) is 3.53. The number of likely N-dealkylation sites (tertiary alicyclic amines) is 1. The molecule has 4 aromatic rings. The number of methoxy groups -OCH3 is 1. The van der Waals surface area contributed by atoms with E-state index >= 15 is 0 Å². The highest BCUT2D eigenvalue weighted by Crippen LogP contribution is 2.36. The molecule has 3 aromatic heterocycles. The van der Waals surface area contributed by atoms with Gasteiger partial charge < -0.3 is 19.7 Å². The molecule has 2 fully saturated rings. The van der Waals surface area contributed by atoms with E-state index in [0.29, 0.717) is 41.9 Å². The summed E-state index contributed by atoms with van der Waals surface area (Å²) >= 11 is 1.39. The maximum atomic E-state index is 13.1. The van der Waals surface area contributed by atoms with Crippen molar-refractivity contribution in [1.82, 2.24) is 19.8 Å². The Hall–Kier alpha value is -3.87. The normalized spacial score (nSPS) is 17.0. The molecule has 1 aliphatic carbocycles. The van der Waals surface area contributed by atoms with Gasteiger partial charge in [-0.05, 0) is 56.5 Å². The fourth-order valence-electron chi connectivity index (χ4n) is 4.77. The minimum atomic E-state index is -0.197. The monoisotopic (exact) mass is 528 g/mol. The van der Waals surface area contributed by atoms with Crippen molar-refractivity contribution in [3.8, 4) is 23.3 Å². The first-order chi connectivity index (χ1) is 18.5. The molecule has 0 bridgehead atoms.